The molecule has 1 amide bonds. The maximum absolute atomic E-state index is 11.4. The first kappa shape index (κ1) is 11.8. The molecule has 0 aliphatic heterocycles. The van der Waals surface area contributed by atoms with Crippen molar-refractivity contribution in [2.75, 3.05) is 6.54 Å². The number of nitrogens with one attached hydrogen (secondary N) is 1. The second kappa shape index (κ2) is 6.22. The predicted octanol–water partition coefficient (Wildman–Crippen LogP) is 1.83. The molecule has 0 aromatic carbocycles. The van der Waals surface area contributed by atoms with Crippen LogP contribution in [0.1, 0.15) is 37.6 Å². The number of aromatic nitrogens is 1. The molecule has 0 aliphatic carbocycles. The molecule has 0 atom stereocenters. The van der Waals surface area contributed by atoms with Crippen molar-refractivity contribution in [2.45, 2.75) is 39.5 Å². The Labute approximate surface area is 90.0 Å². The zero-order valence-corrected chi connectivity index (χ0v) is 9.38. The van der Waals surface area contributed by atoms with Crippen molar-refractivity contribution >= 4 is 5.91 Å². The van der Waals surface area contributed by atoms with E-state index in [0.717, 1.165) is 25.1 Å². The summed E-state index contributed by atoms with van der Waals surface area (Å²) in [5, 5.41) is 6.62. The van der Waals surface area contributed by atoms with Gasteiger partial charge in [-0.2, -0.15) is 0 Å². The largest absolute Gasteiger partial charge is 0.361 e. The molecule has 1 rings (SSSR count). The number of carbonyl (C=O) groups excluding carboxylic acids is 1. The number of aryl methyl sites for hydroxylation is 1. The lowest BCUT2D eigenvalue weighted by atomic mass is 10.2. The van der Waals surface area contributed by atoms with E-state index >= 15 is 0 Å². The van der Waals surface area contributed by atoms with Gasteiger partial charge in [0, 0.05) is 12.6 Å². The van der Waals surface area contributed by atoms with Crippen LogP contribution in [0, 0.1) is 6.92 Å². The fourth-order valence-corrected chi connectivity index (χ4v) is 1.33. The minimum Gasteiger partial charge on any atom is -0.361 e. The lowest BCUT2D eigenvalue weighted by molar-refractivity contribution is -0.120. The van der Waals surface area contributed by atoms with Gasteiger partial charge in [0.25, 0.3) is 0 Å². The van der Waals surface area contributed by atoms with Crippen molar-refractivity contribution in [3.63, 3.8) is 0 Å². The fourth-order valence-electron chi connectivity index (χ4n) is 1.33. The van der Waals surface area contributed by atoms with Gasteiger partial charge in [-0.05, 0) is 13.3 Å². The van der Waals surface area contributed by atoms with Crippen molar-refractivity contribution in [3.05, 3.63) is 17.5 Å². The number of hydrogen-bond donors (Lipinski definition) is 1. The zero-order chi connectivity index (χ0) is 11.1. The molecule has 0 radical (unpaired) electrons. The van der Waals surface area contributed by atoms with Crippen LogP contribution >= 0.6 is 0 Å². The molecule has 0 spiro atoms. The molecule has 0 saturated heterocycles. The molecule has 0 bridgehead atoms. The molecule has 1 heterocycles. The average molecular weight is 210 g/mol. The van der Waals surface area contributed by atoms with E-state index in [4.69, 9.17) is 4.52 Å². The van der Waals surface area contributed by atoms with Crippen LogP contribution in [0.2, 0.25) is 0 Å². The highest BCUT2D eigenvalue weighted by molar-refractivity contribution is 5.77. The van der Waals surface area contributed by atoms with E-state index in [-0.39, 0.29) is 5.91 Å². The van der Waals surface area contributed by atoms with Gasteiger partial charge in [0.15, 0.2) is 0 Å². The molecule has 1 aromatic heterocycles. The third-order valence-corrected chi connectivity index (χ3v) is 2.12. The first-order chi connectivity index (χ1) is 7.22. The molecule has 84 valence electrons. The monoisotopic (exact) mass is 210 g/mol. The van der Waals surface area contributed by atoms with Crippen molar-refractivity contribution in [2.24, 2.45) is 0 Å². The molecule has 0 unspecified atom stereocenters. The second-order valence-electron chi connectivity index (χ2n) is 3.66. The van der Waals surface area contributed by atoms with E-state index in [2.05, 4.69) is 17.4 Å². The van der Waals surface area contributed by atoms with E-state index in [0.29, 0.717) is 12.1 Å². The van der Waals surface area contributed by atoms with Crippen LogP contribution < -0.4 is 5.32 Å². The molecule has 0 aliphatic rings. The fraction of sp³-hybridized carbons (Fsp3) is 0.636. The van der Waals surface area contributed by atoms with Crippen LogP contribution in [0.3, 0.4) is 0 Å². The molecular formula is C11H18N2O2. The third-order valence-electron chi connectivity index (χ3n) is 2.12. The topological polar surface area (TPSA) is 55.1 Å². The lowest BCUT2D eigenvalue weighted by Gasteiger charge is -2.02. The summed E-state index contributed by atoms with van der Waals surface area (Å²) in [6.45, 7) is 4.71. The molecule has 0 saturated carbocycles. The molecule has 15 heavy (non-hydrogen) atoms. The van der Waals surface area contributed by atoms with E-state index < -0.39 is 0 Å². The van der Waals surface area contributed by atoms with Crippen molar-refractivity contribution in [3.8, 4) is 0 Å². The zero-order valence-electron chi connectivity index (χ0n) is 9.38. The van der Waals surface area contributed by atoms with Crippen LogP contribution in [-0.2, 0) is 11.2 Å². The number of carbonyl (C=O) groups is 1. The van der Waals surface area contributed by atoms with Gasteiger partial charge in [-0.3, -0.25) is 4.79 Å². The van der Waals surface area contributed by atoms with Crippen LogP contribution in [0.5, 0.6) is 0 Å². The molecule has 1 N–H and O–H groups in total. The van der Waals surface area contributed by atoms with Gasteiger partial charge >= 0.3 is 0 Å². The second-order valence-corrected chi connectivity index (χ2v) is 3.66. The van der Waals surface area contributed by atoms with Gasteiger partial charge < -0.3 is 9.84 Å². The maximum atomic E-state index is 11.4. The standard InChI is InChI=1S/C11H18N2O2/c1-3-4-5-6-12-11(14)8-10-7-9(2)15-13-10/h7H,3-6,8H2,1-2H3,(H,12,14). The Balaban J connectivity index is 2.18. The first-order valence-corrected chi connectivity index (χ1v) is 5.41. The van der Waals surface area contributed by atoms with E-state index in [1.54, 1.807) is 6.07 Å². The predicted molar refractivity (Wildman–Crippen MR) is 57.5 cm³/mol. The Kier molecular flexibility index (Phi) is 4.87. The van der Waals surface area contributed by atoms with Gasteiger partial charge in [-0.25, -0.2) is 0 Å². The summed E-state index contributed by atoms with van der Waals surface area (Å²) in [6, 6.07) is 1.78. The number of nitrogens with zero attached hydrogens (tertiary/aromatic N) is 1. The highest BCUT2D eigenvalue weighted by Crippen LogP contribution is 2.02. The third kappa shape index (κ3) is 4.63. The summed E-state index contributed by atoms with van der Waals surface area (Å²) in [7, 11) is 0. The van der Waals surface area contributed by atoms with Gasteiger partial charge in [-0.15, -0.1) is 0 Å². The number of rotatable bonds is 6. The number of hydrogen-bond acceptors (Lipinski definition) is 3. The molecule has 0 fully saturated rings. The molecule has 1 aromatic rings. The summed E-state index contributed by atoms with van der Waals surface area (Å²) in [5.74, 6) is 0.753. The minimum atomic E-state index is 0.0133. The summed E-state index contributed by atoms with van der Waals surface area (Å²) in [6.07, 6.45) is 3.67. The van der Waals surface area contributed by atoms with E-state index in [9.17, 15) is 4.79 Å². The van der Waals surface area contributed by atoms with Gasteiger partial charge in [-0.1, -0.05) is 24.9 Å². The summed E-state index contributed by atoms with van der Waals surface area (Å²) in [5.41, 5.74) is 0.695. The Morgan fingerprint density at radius 1 is 1.53 bits per heavy atom. The Morgan fingerprint density at radius 2 is 2.33 bits per heavy atom. The molecular weight excluding hydrogens is 192 g/mol. The van der Waals surface area contributed by atoms with Crippen LogP contribution in [0.4, 0.5) is 0 Å². The highest BCUT2D eigenvalue weighted by atomic mass is 16.5. The molecule has 4 heteroatoms. The smallest absolute Gasteiger partial charge is 0.226 e. The van der Waals surface area contributed by atoms with Gasteiger partial charge in [0.1, 0.15) is 5.76 Å². The van der Waals surface area contributed by atoms with Crippen LogP contribution in [0.15, 0.2) is 10.6 Å². The SMILES string of the molecule is CCCCCNC(=O)Cc1cc(C)on1. The highest BCUT2D eigenvalue weighted by Gasteiger charge is 2.06. The van der Waals surface area contributed by atoms with Crippen LogP contribution in [-0.4, -0.2) is 17.6 Å². The first-order valence-electron chi connectivity index (χ1n) is 5.41. The molecule has 4 nitrogen and oxygen atoms in total. The van der Waals surface area contributed by atoms with E-state index in [1.807, 2.05) is 6.92 Å². The minimum absolute atomic E-state index is 0.0133. The average Bonchev–Trinajstić information content (AvgIpc) is 2.59. The Hall–Kier alpha value is -1.32. The normalized spacial score (nSPS) is 10.3. The number of unbranched alkanes of at least 4 members (excludes halogenated alkanes) is 2. The lowest BCUT2D eigenvalue weighted by Crippen LogP contribution is -2.26. The quantitative estimate of drug-likeness (QED) is 0.729. The van der Waals surface area contributed by atoms with Crippen LogP contribution in [0.25, 0.3) is 0 Å². The van der Waals surface area contributed by atoms with Crippen molar-refractivity contribution < 1.29 is 9.32 Å². The number of amides is 1. The van der Waals surface area contributed by atoms with Gasteiger partial charge in [0.2, 0.25) is 5.91 Å². The van der Waals surface area contributed by atoms with Gasteiger partial charge in [0.05, 0.1) is 12.1 Å². The summed E-state index contributed by atoms with van der Waals surface area (Å²) < 4.78 is 4.88. The summed E-state index contributed by atoms with van der Waals surface area (Å²) in [4.78, 5) is 11.4. The Bertz CT molecular complexity index is 307. The van der Waals surface area contributed by atoms with E-state index in [1.165, 1.54) is 6.42 Å². The maximum Gasteiger partial charge on any atom is 0.226 e. The Morgan fingerprint density at radius 3 is 2.93 bits per heavy atom. The van der Waals surface area contributed by atoms with Crippen molar-refractivity contribution in [1.82, 2.24) is 10.5 Å². The summed E-state index contributed by atoms with van der Waals surface area (Å²) >= 11 is 0. The van der Waals surface area contributed by atoms with Crippen molar-refractivity contribution in [1.29, 1.82) is 0 Å².